The molecule has 0 saturated heterocycles. The summed E-state index contributed by atoms with van der Waals surface area (Å²) in [6, 6.07) is 8.11. The summed E-state index contributed by atoms with van der Waals surface area (Å²) in [7, 11) is 3.36. The second-order valence-electron chi connectivity index (χ2n) is 8.39. The highest BCUT2D eigenvalue weighted by atomic mass is 16.5. The van der Waals surface area contributed by atoms with E-state index in [-0.39, 0.29) is 17.4 Å². The molecule has 0 spiro atoms. The molecule has 10 heteroatoms. The Balaban J connectivity index is 1.88. The quantitative estimate of drug-likeness (QED) is 0.428. The summed E-state index contributed by atoms with van der Waals surface area (Å²) in [6.07, 6.45) is 3.13. The second kappa shape index (κ2) is 7.81. The van der Waals surface area contributed by atoms with Crippen molar-refractivity contribution in [1.29, 1.82) is 5.26 Å². The lowest BCUT2D eigenvalue weighted by molar-refractivity contribution is 0.219. The van der Waals surface area contributed by atoms with Crippen molar-refractivity contribution in [3.8, 4) is 34.5 Å². The molecule has 0 amide bonds. The summed E-state index contributed by atoms with van der Waals surface area (Å²) < 4.78 is 9.13. The summed E-state index contributed by atoms with van der Waals surface area (Å²) >= 11 is 0. The van der Waals surface area contributed by atoms with E-state index in [1.807, 2.05) is 32.0 Å². The van der Waals surface area contributed by atoms with Crippen molar-refractivity contribution in [2.75, 3.05) is 5.73 Å². The van der Waals surface area contributed by atoms with Gasteiger partial charge in [-0.2, -0.15) is 15.3 Å². The summed E-state index contributed by atoms with van der Waals surface area (Å²) in [4.78, 5) is 25.9. The minimum absolute atomic E-state index is 0.137. The van der Waals surface area contributed by atoms with Crippen molar-refractivity contribution in [1.82, 2.24) is 29.3 Å². The molecule has 0 fully saturated rings. The number of hydrogen-bond acceptors (Lipinski definition) is 8. The minimum atomic E-state index is -0.469. The molecule has 0 radical (unpaired) electrons. The van der Waals surface area contributed by atoms with Gasteiger partial charge in [-0.05, 0) is 13.8 Å². The number of benzene rings is 1. The van der Waals surface area contributed by atoms with E-state index in [0.29, 0.717) is 34.8 Å². The number of nitrogen functional groups attached to an aromatic ring is 1. The molecule has 1 aliphatic rings. The van der Waals surface area contributed by atoms with Crippen LogP contribution in [0.25, 0.3) is 22.5 Å². The van der Waals surface area contributed by atoms with E-state index in [2.05, 4.69) is 26.1 Å². The smallest absolute Gasteiger partial charge is 0.347 e. The van der Waals surface area contributed by atoms with Gasteiger partial charge in [0.25, 0.3) is 5.88 Å². The van der Waals surface area contributed by atoms with Gasteiger partial charge in [0.15, 0.2) is 5.82 Å². The Morgan fingerprint density at radius 3 is 2.82 bits per heavy atom. The van der Waals surface area contributed by atoms with Gasteiger partial charge < -0.3 is 15.0 Å². The zero-order chi connectivity index (χ0) is 24.1. The maximum absolute atomic E-state index is 12.6. The zero-order valence-electron chi connectivity index (χ0n) is 19.2. The first-order chi connectivity index (χ1) is 16.3. The predicted octanol–water partition coefficient (Wildman–Crippen LogP) is 2.44. The van der Waals surface area contributed by atoms with Crippen LogP contribution in [0.15, 0.2) is 35.4 Å². The predicted molar refractivity (Wildman–Crippen MR) is 125 cm³/mol. The van der Waals surface area contributed by atoms with Crippen LogP contribution in [-0.4, -0.2) is 29.3 Å². The van der Waals surface area contributed by atoms with Crippen molar-refractivity contribution in [3.63, 3.8) is 0 Å². The number of aryl methyl sites for hydroxylation is 3. The van der Waals surface area contributed by atoms with Crippen molar-refractivity contribution in [2.45, 2.75) is 26.4 Å². The summed E-state index contributed by atoms with van der Waals surface area (Å²) in [5, 5.41) is 14.4. The van der Waals surface area contributed by atoms with E-state index in [4.69, 9.17) is 10.5 Å². The third-order valence-electron chi connectivity index (χ3n) is 5.96. The molecule has 4 heterocycles. The molecule has 0 unspecified atom stereocenters. The molecule has 2 bridgehead atoms. The highest BCUT2D eigenvalue weighted by Crippen LogP contribution is 2.37. The number of nitrogens with zero attached hydrogens (tertiary/aromatic N) is 7. The van der Waals surface area contributed by atoms with E-state index >= 15 is 0 Å². The van der Waals surface area contributed by atoms with E-state index < -0.39 is 6.10 Å². The molecule has 4 aromatic rings. The van der Waals surface area contributed by atoms with E-state index in [1.165, 1.54) is 15.4 Å². The largest absolute Gasteiger partial charge is 0.467 e. The average Bonchev–Trinajstić information content (AvgIpc) is 3.11. The van der Waals surface area contributed by atoms with Gasteiger partial charge in [0.2, 0.25) is 0 Å². The lowest BCUT2D eigenvalue weighted by atomic mass is 9.93. The highest BCUT2D eigenvalue weighted by Gasteiger charge is 2.26. The third kappa shape index (κ3) is 3.38. The Hall–Kier alpha value is -4.52. The van der Waals surface area contributed by atoms with Crippen molar-refractivity contribution in [2.24, 2.45) is 14.1 Å². The first-order valence-corrected chi connectivity index (χ1v) is 10.7. The standard InChI is InChI=1S/C24H22N8O2/c1-12-5-6-15-16(7-12)13(2)34-23-22(26)27-10-18(28-23)20-17(30-32(4)19(20)9-25)8-14-11-31(3)24(33)29-21(14)15/h5-7,10-11,13H,8H2,1-4H3,(H2,26,27)/t13-/m1/s1. The molecule has 10 nitrogen and oxygen atoms in total. The van der Waals surface area contributed by atoms with E-state index in [1.54, 1.807) is 20.3 Å². The topological polar surface area (TPSA) is 138 Å². The minimum Gasteiger partial charge on any atom is -0.467 e. The third-order valence-corrected chi connectivity index (χ3v) is 5.96. The van der Waals surface area contributed by atoms with Gasteiger partial charge in [-0.3, -0.25) is 4.68 Å². The first-order valence-electron chi connectivity index (χ1n) is 10.7. The number of nitriles is 1. The van der Waals surface area contributed by atoms with Crippen LogP contribution in [0.3, 0.4) is 0 Å². The number of aromatic nitrogens is 6. The highest BCUT2D eigenvalue weighted by molar-refractivity contribution is 5.72. The molecule has 0 aliphatic carbocycles. The molecule has 3 aromatic heterocycles. The maximum atomic E-state index is 12.6. The SMILES string of the molecule is Cc1ccc2c(c1)[C@@H](C)Oc1nc(cnc1N)-c1c(nn(C)c1C#N)Cc1cn(C)c(=O)nc1-2. The zero-order valence-corrected chi connectivity index (χ0v) is 19.2. The lowest BCUT2D eigenvalue weighted by Crippen LogP contribution is -2.22. The molecule has 170 valence electrons. The van der Waals surface area contributed by atoms with Crippen LogP contribution >= 0.6 is 0 Å². The first kappa shape index (κ1) is 21.3. The van der Waals surface area contributed by atoms with Crippen molar-refractivity contribution < 1.29 is 4.74 Å². The molecule has 34 heavy (non-hydrogen) atoms. The number of anilines is 1. The van der Waals surface area contributed by atoms with Gasteiger partial charge in [0.05, 0.1) is 28.8 Å². The molecule has 1 aliphatic heterocycles. The summed E-state index contributed by atoms with van der Waals surface area (Å²) in [6.45, 7) is 3.87. The Labute approximate surface area is 195 Å². The Morgan fingerprint density at radius 1 is 1.26 bits per heavy atom. The Kier molecular flexibility index (Phi) is 4.90. The summed E-state index contributed by atoms with van der Waals surface area (Å²) in [5.74, 6) is 0.298. The monoisotopic (exact) mass is 454 g/mol. The fraction of sp³-hybridized carbons (Fsp3) is 0.250. The lowest BCUT2D eigenvalue weighted by Gasteiger charge is -2.21. The normalized spacial score (nSPS) is 14.5. The Morgan fingerprint density at radius 2 is 2.06 bits per heavy atom. The number of hydrogen-bond donors (Lipinski definition) is 1. The van der Waals surface area contributed by atoms with Crippen LogP contribution < -0.4 is 16.2 Å². The van der Waals surface area contributed by atoms with Crippen LogP contribution in [0.1, 0.15) is 41.1 Å². The Bertz CT molecular complexity index is 1560. The van der Waals surface area contributed by atoms with Crippen LogP contribution in [0.4, 0.5) is 5.82 Å². The van der Waals surface area contributed by atoms with Crippen LogP contribution in [0.2, 0.25) is 0 Å². The molecule has 5 rings (SSSR count). The molecule has 0 saturated carbocycles. The van der Waals surface area contributed by atoms with Gasteiger partial charge in [-0.1, -0.05) is 23.8 Å². The number of rotatable bonds is 0. The molecule has 2 N–H and O–H groups in total. The van der Waals surface area contributed by atoms with Crippen molar-refractivity contribution in [3.05, 3.63) is 69.2 Å². The number of nitrogens with two attached hydrogens (primary N) is 1. The number of fused-ring (bicyclic) bond motifs is 7. The fourth-order valence-corrected chi connectivity index (χ4v) is 4.29. The van der Waals surface area contributed by atoms with Crippen molar-refractivity contribution >= 4 is 5.82 Å². The molecule has 1 atom stereocenters. The van der Waals surface area contributed by atoms with E-state index in [9.17, 15) is 10.1 Å². The maximum Gasteiger partial charge on any atom is 0.347 e. The van der Waals surface area contributed by atoms with E-state index in [0.717, 1.165) is 22.3 Å². The number of ether oxygens (including phenoxy) is 1. The van der Waals surface area contributed by atoms with Gasteiger partial charge in [-0.15, -0.1) is 0 Å². The van der Waals surface area contributed by atoms with Gasteiger partial charge in [0, 0.05) is 43.4 Å². The summed E-state index contributed by atoms with van der Waals surface area (Å²) in [5.41, 5.74) is 11.6. The van der Waals surface area contributed by atoms with Gasteiger partial charge in [-0.25, -0.2) is 14.8 Å². The van der Waals surface area contributed by atoms with Gasteiger partial charge >= 0.3 is 5.69 Å². The molecular formula is C24H22N8O2. The second-order valence-corrected chi connectivity index (χ2v) is 8.39. The molecular weight excluding hydrogens is 432 g/mol. The van der Waals surface area contributed by atoms with Crippen LogP contribution in [-0.2, 0) is 20.5 Å². The van der Waals surface area contributed by atoms with Gasteiger partial charge in [0.1, 0.15) is 17.9 Å². The van der Waals surface area contributed by atoms with Crippen LogP contribution in [0, 0.1) is 18.3 Å². The average molecular weight is 454 g/mol. The fourth-order valence-electron chi connectivity index (χ4n) is 4.29. The molecule has 1 aromatic carbocycles. The van der Waals surface area contributed by atoms with Crippen LogP contribution in [0.5, 0.6) is 5.88 Å².